The van der Waals surface area contributed by atoms with E-state index in [1.807, 2.05) is 13.8 Å². The SMILES string of the molecule is CSC1=C(N=C(C)C)C[C@H](C)C=C1. The van der Waals surface area contributed by atoms with E-state index >= 15 is 0 Å². The average molecular weight is 195 g/mol. The molecule has 0 radical (unpaired) electrons. The fourth-order valence-corrected chi connectivity index (χ4v) is 1.96. The first-order valence-corrected chi connectivity index (χ1v) is 5.83. The lowest BCUT2D eigenvalue weighted by molar-refractivity contribution is 0.700. The van der Waals surface area contributed by atoms with E-state index in [2.05, 4.69) is 30.3 Å². The molecule has 0 heterocycles. The first-order chi connectivity index (χ1) is 6.13. The van der Waals surface area contributed by atoms with Crippen LogP contribution in [0.1, 0.15) is 27.2 Å². The van der Waals surface area contributed by atoms with Gasteiger partial charge in [-0.25, -0.2) is 0 Å². The molecule has 0 spiro atoms. The van der Waals surface area contributed by atoms with Gasteiger partial charge in [-0.2, -0.15) is 0 Å². The number of rotatable bonds is 2. The van der Waals surface area contributed by atoms with Crippen molar-refractivity contribution < 1.29 is 0 Å². The fourth-order valence-electron chi connectivity index (χ4n) is 1.38. The Morgan fingerprint density at radius 2 is 2.23 bits per heavy atom. The van der Waals surface area contributed by atoms with E-state index in [4.69, 9.17) is 0 Å². The number of hydrogen-bond acceptors (Lipinski definition) is 2. The molecule has 0 unspecified atom stereocenters. The molecule has 13 heavy (non-hydrogen) atoms. The van der Waals surface area contributed by atoms with Crippen molar-refractivity contribution in [3.05, 3.63) is 22.8 Å². The van der Waals surface area contributed by atoms with Crippen LogP contribution in [-0.2, 0) is 0 Å². The third-order valence-electron chi connectivity index (χ3n) is 1.95. The van der Waals surface area contributed by atoms with Crippen LogP contribution in [-0.4, -0.2) is 12.0 Å². The summed E-state index contributed by atoms with van der Waals surface area (Å²) < 4.78 is 0. The van der Waals surface area contributed by atoms with Gasteiger partial charge < -0.3 is 0 Å². The van der Waals surface area contributed by atoms with Gasteiger partial charge in [0.05, 0.1) is 5.70 Å². The molecular weight excluding hydrogens is 178 g/mol. The normalized spacial score (nSPS) is 22.0. The molecule has 72 valence electrons. The highest BCUT2D eigenvalue weighted by Gasteiger charge is 2.11. The second-order valence-corrected chi connectivity index (χ2v) is 4.46. The van der Waals surface area contributed by atoms with Gasteiger partial charge in [0.25, 0.3) is 0 Å². The molecule has 0 aromatic rings. The Morgan fingerprint density at radius 3 is 2.77 bits per heavy atom. The maximum atomic E-state index is 4.56. The standard InChI is InChI=1S/C11H17NS/c1-8(2)12-10-7-9(3)5-6-11(10)13-4/h5-6,9H,7H2,1-4H3/t9-/m1/s1. The zero-order chi connectivity index (χ0) is 9.84. The summed E-state index contributed by atoms with van der Waals surface area (Å²) in [6, 6.07) is 0. The minimum atomic E-state index is 0.633. The zero-order valence-electron chi connectivity index (χ0n) is 8.79. The molecule has 0 saturated heterocycles. The van der Waals surface area contributed by atoms with Gasteiger partial charge in [0, 0.05) is 10.6 Å². The van der Waals surface area contributed by atoms with E-state index in [-0.39, 0.29) is 0 Å². The Kier molecular flexibility index (Phi) is 3.79. The maximum absolute atomic E-state index is 4.56. The van der Waals surface area contributed by atoms with Crippen LogP contribution in [0.5, 0.6) is 0 Å². The topological polar surface area (TPSA) is 12.4 Å². The highest BCUT2D eigenvalue weighted by molar-refractivity contribution is 8.02. The third-order valence-corrected chi connectivity index (χ3v) is 2.77. The van der Waals surface area contributed by atoms with Gasteiger partial charge in [-0.05, 0) is 32.4 Å². The van der Waals surface area contributed by atoms with Crippen molar-refractivity contribution >= 4 is 17.5 Å². The van der Waals surface area contributed by atoms with Crippen LogP contribution in [0.2, 0.25) is 0 Å². The van der Waals surface area contributed by atoms with E-state index in [9.17, 15) is 0 Å². The summed E-state index contributed by atoms with van der Waals surface area (Å²) in [4.78, 5) is 5.88. The number of nitrogens with zero attached hydrogens (tertiary/aromatic N) is 1. The fraction of sp³-hybridized carbons (Fsp3) is 0.545. The van der Waals surface area contributed by atoms with Crippen molar-refractivity contribution in [1.82, 2.24) is 0 Å². The van der Waals surface area contributed by atoms with Crippen LogP contribution in [0.25, 0.3) is 0 Å². The minimum Gasteiger partial charge on any atom is -0.262 e. The average Bonchev–Trinajstić information content (AvgIpc) is 2.03. The molecule has 0 aromatic carbocycles. The second-order valence-electron chi connectivity index (χ2n) is 3.61. The van der Waals surface area contributed by atoms with E-state index in [1.165, 1.54) is 10.6 Å². The van der Waals surface area contributed by atoms with Gasteiger partial charge in [-0.1, -0.05) is 19.1 Å². The van der Waals surface area contributed by atoms with E-state index < -0.39 is 0 Å². The molecule has 0 bridgehead atoms. The van der Waals surface area contributed by atoms with Crippen LogP contribution in [0.4, 0.5) is 0 Å². The van der Waals surface area contributed by atoms with E-state index in [0.717, 1.165) is 12.1 Å². The van der Waals surface area contributed by atoms with Crippen molar-refractivity contribution in [3.8, 4) is 0 Å². The number of hydrogen-bond donors (Lipinski definition) is 0. The van der Waals surface area contributed by atoms with Crippen molar-refractivity contribution in [2.24, 2.45) is 10.9 Å². The van der Waals surface area contributed by atoms with E-state index in [0.29, 0.717) is 5.92 Å². The predicted molar refractivity (Wildman–Crippen MR) is 62.2 cm³/mol. The first kappa shape index (κ1) is 10.6. The Labute approximate surface area is 85.0 Å². The van der Waals surface area contributed by atoms with Crippen molar-refractivity contribution in [3.63, 3.8) is 0 Å². The summed E-state index contributed by atoms with van der Waals surface area (Å²) >= 11 is 1.78. The molecule has 0 aromatic heterocycles. The molecule has 1 aliphatic carbocycles. The Hall–Kier alpha value is -0.500. The molecule has 0 fully saturated rings. The summed E-state index contributed by atoms with van der Waals surface area (Å²) in [7, 11) is 0. The van der Waals surface area contributed by atoms with Gasteiger partial charge in [0.15, 0.2) is 0 Å². The summed E-state index contributed by atoms with van der Waals surface area (Å²) in [6.07, 6.45) is 7.64. The van der Waals surface area contributed by atoms with Crippen LogP contribution >= 0.6 is 11.8 Å². The van der Waals surface area contributed by atoms with Crippen LogP contribution in [0.3, 0.4) is 0 Å². The van der Waals surface area contributed by atoms with E-state index in [1.54, 1.807) is 11.8 Å². The third kappa shape index (κ3) is 3.03. The van der Waals surface area contributed by atoms with Crippen molar-refractivity contribution in [1.29, 1.82) is 0 Å². The van der Waals surface area contributed by atoms with Crippen LogP contribution in [0.15, 0.2) is 27.7 Å². The Bertz CT molecular complexity index is 270. The molecule has 0 N–H and O–H groups in total. The summed E-state index contributed by atoms with van der Waals surface area (Å²) in [5.41, 5.74) is 2.39. The Morgan fingerprint density at radius 1 is 1.54 bits per heavy atom. The van der Waals surface area contributed by atoms with Gasteiger partial charge in [0.2, 0.25) is 0 Å². The molecule has 1 nitrogen and oxygen atoms in total. The minimum absolute atomic E-state index is 0.633. The number of aliphatic imine (C=N–C) groups is 1. The molecule has 1 rings (SSSR count). The second kappa shape index (κ2) is 4.66. The molecule has 0 saturated carbocycles. The molecule has 1 aliphatic rings. The summed E-state index contributed by atoms with van der Waals surface area (Å²) in [6.45, 7) is 6.33. The van der Waals surface area contributed by atoms with Gasteiger partial charge in [-0.15, -0.1) is 11.8 Å². The Balaban J connectivity index is 2.92. The van der Waals surface area contributed by atoms with Gasteiger partial charge in [-0.3, -0.25) is 4.99 Å². The van der Waals surface area contributed by atoms with Gasteiger partial charge in [0.1, 0.15) is 0 Å². The van der Waals surface area contributed by atoms with Gasteiger partial charge >= 0.3 is 0 Å². The number of thioether (sulfide) groups is 1. The highest BCUT2D eigenvalue weighted by atomic mass is 32.2. The lowest BCUT2D eigenvalue weighted by Crippen LogP contribution is -2.00. The van der Waals surface area contributed by atoms with Crippen molar-refractivity contribution in [2.45, 2.75) is 27.2 Å². The zero-order valence-corrected chi connectivity index (χ0v) is 9.61. The smallest absolute Gasteiger partial charge is 0.0543 e. The van der Waals surface area contributed by atoms with Crippen LogP contribution in [0, 0.1) is 5.92 Å². The first-order valence-electron chi connectivity index (χ1n) is 4.60. The molecule has 0 amide bonds. The summed E-state index contributed by atoms with van der Waals surface area (Å²) in [5.74, 6) is 0.633. The maximum Gasteiger partial charge on any atom is 0.0543 e. The highest BCUT2D eigenvalue weighted by Crippen LogP contribution is 2.30. The molecule has 1 atom stereocenters. The summed E-state index contributed by atoms with van der Waals surface area (Å²) in [5, 5.41) is 0. The van der Waals surface area contributed by atoms with Crippen molar-refractivity contribution in [2.75, 3.05) is 6.26 Å². The lowest BCUT2D eigenvalue weighted by Gasteiger charge is -2.15. The quantitative estimate of drug-likeness (QED) is 0.613. The number of allylic oxidation sites excluding steroid dienone is 3. The lowest BCUT2D eigenvalue weighted by atomic mass is 10.0. The monoisotopic (exact) mass is 195 g/mol. The largest absolute Gasteiger partial charge is 0.262 e. The molecule has 2 heteroatoms. The van der Waals surface area contributed by atoms with Crippen LogP contribution < -0.4 is 0 Å². The molecule has 0 aliphatic heterocycles. The molecular formula is C11H17NS. The predicted octanol–water partition coefficient (Wildman–Crippen LogP) is 3.64.